The topological polar surface area (TPSA) is 58.6 Å². The summed E-state index contributed by atoms with van der Waals surface area (Å²) in [4.78, 5) is 27.4. The van der Waals surface area contributed by atoms with Gasteiger partial charge in [-0.05, 0) is 55.5 Å². The molecule has 0 aliphatic heterocycles. The second-order valence-corrected chi connectivity index (χ2v) is 9.94. The van der Waals surface area contributed by atoms with Crippen molar-refractivity contribution in [2.45, 2.75) is 65.6 Å². The van der Waals surface area contributed by atoms with Gasteiger partial charge in [0.25, 0.3) is 5.91 Å². The quantitative estimate of drug-likeness (QED) is 0.564. The van der Waals surface area contributed by atoms with Gasteiger partial charge in [0.15, 0.2) is 6.61 Å². The minimum Gasteiger partial charge on any atom is -0.483 e. The highest BCUT2D eigenvalue weighted by Crippen LogP contribution is 2.31. The van der Waals surface area contributed by atoms with E-state index in [1.54, 1.807) is 11.8 Å². The summed E-state index contributed by atoms with van der Waals surface area (Å²) >= 11 is 3.43. The van der Waals surface area contributed by atoms with Crippen LogP contribution < -0.4 is 10.1 Å². The monoisotopic (exact) mass is 488 g/mol. The number of amides is 2. The van der Waals surface area contributed by atoms with Crippen LogP contribution in [-0.2, 0) is 21.5 Å². The molecular weight excluding hydrogens is 456 g/mol. The average molecular weight is 489 g/mol. The lowest BCUT2D eigenvalue weighted by atomic mass is 9.86. The zero-order valence-corrected chi connectivity index (χ0v) is 20.8. The molecule has 1 atom stereocenters. The molecule has 0 fully saturated rings. The van der Waals surface area contributed by atoms with Gasteiger partial charge >= 0.3 is 0 Å². The van der Waals surface area contributed by atoms with Crippen LogP contribution >= 0.6 is 15.9 Å². The first-order chi connectivity index (χ1) is 14.5. The Kier molecular flexibility index (Phi) is 8.69. The van der Waals surface area contributed by atoms with Crippen molar-refractivity contribution in [1.82, 2.24) is 10.2 Å². The molecule has 0 aromatic heterocycles. The second kappa shape index (κ2) is 10.8. The van der Waals surface area contributed by atoms with Crippen LogP contribution in [0.1, 0.15) is 52.7 Å². The normalized spacial score (nSPS) is 12.4. The van der Waals surface area contributed by atoms with Gasteiger partial charge in [-0.3, -0.25) is 9.59 Å². The number of benzene rings is 2. The van der Waals surface area contributed by atoms with E-state index < -0.39 is 6.04 Å². The van der Waals surface area contributed by atoms with Crippen LogP contribution in [0.25, 0.3) is 0 Å². The van der Waals surface area contributed by atoms with Crippen LogP contribution in [0.15, 0.2) is 53.0 Å². The highest BCUT2D eigenvalue weighted by molar-refractivity contribution is 9.10. The number of carbonyl (C=O) groups excluding carboxylic acids is 2. The molecule has 0 spiro atoms. The van der Waals surface area contributed by atoms with Crippen LogP contribution in [-0.4, -0.2) is 35.4 Å². The number of rotatable bonds is 8. The highest BCUT2D eigenvalue weighted by atomic mass is 79.9. The van der Waals surface area contributed by atoms with Crippen LogP contribution in [0.2, 0.25) is 0 Å². The molecule has 0 saturated heterocycles. The zero-order valence-electron chi connectivity index (χ0n) is 19.2. The van der Waals surface area contributed by atoms with E-state index in [1.165, 1.54) is 0 Å². The summed E-state index contributed by atoms with van der Waals surface area (Å²) in [6, 6.07) is 14.8. The Balaban J connectivity index is 2.21. The molecular formula is C25H33BrN2O3. The van der Waals surface area contributed by atoms with Crippen molar-refractivity contribution in [2.75, 3.05) is 6.61 Å². The summed E-state index contributed by atoms with van der Waals surface area (Å²) in [5.41, 5.74) is 1.87. The molecule has 1 unspecified atom stereocenters. The van der Waals surface area contributed by atoms with Gasteiger partial charge in [-0.1, -0.05) is 67.0 Å². The van der Waals surface area contributed by atoms with Gasteiger partial charge < -0.3 is 15.0 Å². The van der Waals surface area contributed by atoms with Crippen LogP contribution in [0.4, 0.5) is 0 Å². The maximum Gasteiger partial charge on any atom is 0.261 e. The molecule has 0 aliphatic carbocycles. The van der Waals surface area contributed by atoms with E-state index in [1.807, 2.05) is 62.4 Å². The Morgan fingerprint density at radius 1 is 1.03 bits per heavy atom. The first-order valence-corrected chi connectivity index (χ1v) is 11.3. The number of halogens is 1. The molecule has 2 aromatic rings. The third-order valence-corrected chi connectivity index (χ3v) is 5.44. The van der Waals surface area contributed by atoms with Crippen LogP contribution in [0, 0.1) is 0 Å². The predicted molar refractivity (Wildman–Crippen MR) is 128 cm³/mol. The number of hydrogen-bond donors (Lipinski definition) is 1. The molecule has 2 rings (SSSR count). The molecule has 31 heavy (non-hydrogen) atoms. The van der Waals surface area contributed by atoms with E-state index >= 15 is 0 Å². The van der Waals surface area contributed by atoms with E-state index in [-0.39, 0.29) is 29.9 Å². The minimum atomic E-state index is -0.625. The van der Waals surface area contributed by atoms with Crippen LogP contribution in [0.5, 0.6) is 5.75 Å². The number of para-hydroxylation sites is 1. The SMILES string of the molecule is CC(C)NC(=O)C(C)N(Cc1ccc(Br)cc1)C(=O)COc1ccccc1C(C)(C)C. The van der Waals surface area contributed by atoms with Gasteiger partial charge in [0.05, 0.1) is 0 Å². The third-order valence-electron chi connectivity index (χ3n) is 4.91. The summed E-state index contributed by atoms with van der Waals surface area (Å²) in [7, 11) is 0. The number of ether oxygens (including phenoxy) is 1. The summed E-state index contributed by atoms with van der Waals surface area (Å²) in [6.45, 7) is 12.1. The predicted octanol–water partition coefficient (Wildman–Crippen LogP) is 5.07. The van der Waals surface area contributed by atoms with Gasteiger partial charge in [-0.25, -0.2) is 0 Å². The maximum absolute atomic E-state index is 13.2. The molecule has 1 N–H and O–H groups in total. The fourth-order valence-corrected chi connectivity index (χ4v) is 3.47. The van der Waals surface area contributed by atoms with Crippen LogP contribution in [0.3, 0.4) is 0 Å². The fraction of sp³-hybridized carbons (Fsp3) is 0.440. The Bertz CT molecular complexity index is 888. The van der Waals surface area contributed by atoms with Gasteiger partial charge in [0, 0.05) is 17.1 Å². The van der Waals surface area contributed by atoms with Crippen molar-refractivity contribution in [2.24, 2.45) is 0 Å². The van der Waals surface area contributed by atoms with E-state index in [4.69, 9.17) is 4.74 Å². The Labute approximate surface area is 194 Å². The summed E-state index contributed by atoms with van der Waals surface area (Å²) in [5.74, 6) is 0.264. The first-order valence-electron chi connectivity index (χ1n) is 10.6. The lowest BCUT2D eigenvalue weighted by Crippen LogP contribution is -2.50. The molecule has 168 valence electrons. The average Bonchev–Trinajstić information content (AvgIpc) is 2.70. The third kappa shape index (κ3) is 7.39. The lowest BCUT2D eigenvalue weighted by molar-refractivity contribution is -0.142. The minimum absolute atomic E-state index is 0.00510. The van der Waals surface area contributed by atoms with Crippen molar-refractivity contribution >= 4 is 27.7 Å². The first kappa shape index (κ1) is 24.9. The molecule has 0 saturated carbocycles. The molecule has 2 amide bonds. The van der Waals surface area contributed by atoms with Crippen molar-refractivity contribution in [1.29, 1.82) is 0 Å². The molecule has 2 aromatic carbocycles. The van der Waals surface area contributed by atoms with Gasteiger partial charge in [-0.2, -0.15) is 0 Å². The summed E-state index contributed by atoms with van der Waals surface area (Å²) < 4.78 is 6.90. The molecule has 0 heterocycles. The Morgan fingerprint density at radius 2 is 1.65 bits per heavy atom. The van der Waals surface area contributed by atoms with Gasteiger partial charge in [-0.15, -0.1) is 0 Å². The number of nitrogens with one attached hydrogen (secondary N) is 1. The van der Waals surface area contributed by atoms with Crippen molar-refractivity contribution in [3.05, 3.63) is 64.1 Å². The van der Waals surface area contributed by atoms with Gasteiger partial charge in [0.1, 0.15) is 11.8 Å². The van der Waals surface area contributed by atoms with Crippen molar-refractivity contribution in [3.63, 3.8) is 0 Å². The highest BCUT2D eigenvalue weighted by Gasteiger charge is 2.27. The fourth-order valence-electron chi connectivity index (χ4n) is 3.21. The molecule has 0 bridgehead atoms. The second-order valence-electron chi connectivity index (χ2n) is 9.02. The largest absolute Gasteiger partial charge is 0.483 e. The lowest BCUT2D eigenvalue weighted by Gasteiger charge is -2.30. The van der Waals surface area contributed by atoms with E-state index in [2.05, 4.69) is 42.0 Å². The zero-order chi connectivity index (χ0) is 23.2. The van der Waals surface area contributed by atoms with E-state index in [0.717, 1.165) is 15.6 Å². The molecule has 0 aliphatic rings. The van der Waals surface area contributed by atoms with E-state index in [0.29, 0.717) is 12.3 Å². The number of nitrogens with zero attached hydrogens (tertiary/aromatic N) is 1. The summed E-state index contributed by atoms with van der Waals surface area (Å²) in [5, 5.41) is 2.89. The summed E-state index contributed by atoms with van der Waals surface area (Å²) in [6.07, 6.45) is 0. The number of carbonyl (C=O) groups is 2. The molecule has 5 nitrogen and oxygen atoms in total. The van der Waals surface area contributed by atoms with Crippen molar-refractivity contribution < 1.29 is 14.3 Å². The standard InChI is InChI=1S/C25H33BrN2O3/c1-17(2)27-24(30)18(3)28(15-19-11-13-20(26)14-12-19)23(29)16-31-22-10-8-7-9-21(22)25(4,5)6/h7-14,17-18H,15-16H2,1-6H3,(H,27,30). The Hall–Kier alpha value is -2.34. The molecule has 0 radical (unpaired) electrons. The Morgan fingerprint density at radius 3 is 2.23 bits per heavy atom. The number of hydrogen-bond acceptors (Lipinski definition) is 3. The van der Waals surface area contributed by atoms with E-state index in [9.17, 15) is 9.59 Å². The van der Waals surface area contributed by atoms with Gasteiger partial charge in [0.2, 0.25) is 5.91 Å². The smallest absolute Gasteiger partial charge is 0.261 e. The van der Waals surface area contributed by atoms with Crippen molar-refractivity contribution in [3.8, 4) is 5.75 Å². The maximum atomic E-state index is 13.2. The molecule has 6 heteroatoms.